The van der Waals surface area contributed by atoms with Gasteiger partial charge in [0.2, 0.25) is 11.8 Å². The van der Waals surface area contributed by atoms with Crippen LogP contribution in [0.1, 0.15) is 37.5 Å². The lowest BCUT2D eigenvalue weighted by Crippen LogP contribution is -2.51. The van der Waals surface area contributed by atoms with E-state index < -0.39 is 28.5 Å². The van der Waals surface area contributed by atoms with E-state index in [0.29, 0.717) is 12.3 Å². The van der Waals surface area contributed by atoms with Crippen LogP contribution in [0.15, 0.2) is 77.7 Å². The molecule has 0 aliphatic rings. The Kier molecular flexibility index (Phi) is 10.3. The van der Waals surface area contributed by atoms with Gasteiger partial charge in [0.15, 0.2) is 0 Å². The highest BCUT2D eigenvalue weighted by Gasteiger charge is 2.32. The first-order chi connectivity index (χ1) is 18.9. The Morgan fingerprint density at radius 2 is 1.57 bits per heavy atom. The zero-order valence-corrected chi connectivity index (χ0v) is 24.9. The molecule has 40 heavy (non-hydrogen) atoms. The maximum atomic E-state index is 14.0. The fourth-order valence-corrected chi connectivity index (χ4v) is 5.58. The summed E-state index contributed by atoms with van der Waals surface area (Å²) in [5.41, 5.74) is 3.04. The predicted octanol–water partition coefficient (Wildman–Crippen LogP) is 4.70. The van der Waals surface area contributed by atoms with Crippen molar-refractivity contribution in [3.05, 3.63) is 89.5 Å². The maximum Gasteiger partial charge on any atom is 0.264 e. The summed E-state index contributed by atoms with van der Waals surface area (Å²) < 4.78 is 34.2. The number of amides is 2. The predicted molar refractivity (Wildman–Crippen MR) is 158 cm³/mol. The summed E-state index contributed by atoms with van der Waals surface area (Å²) in [6.45, 7) is 9.57. The van der Waals surface area contributed by atoms with Crippen LogP contribution in [0, 0.1) is 19.8 Å². The topological polar surface area (TPSA) is 96.0 Å². The summed E-state index contributed by atoms with van der Waals surface area (Å²) in [5, 5.41) is 2.89. The zero-order valence-electron chi connectivity index (χ0n) is 24.0. The maximum absolute atomic E-state index is 14.0. The molecule has 0 saturated heterocycles. The Morgan fingerprint density at radius 1 is 0.900 bits per heavy atom. The summed E-state index contributed by atoms with van der Waals surface area (Å²) in [5.74, 6) is -0.122. The molecule has 9 heteroatoms. The second-order valence-electron chi connectivity index (χ2n) is 10.4. The van der Waals surface area contributed by atoms with Crippen LogP contribution in [0.5, 0.6) is 5.75 Å². The standard InChI is InChI=1S/C31H39N3O5S/c1-22(2)19-32-31(36)25(5)33(20-26-10-7-9-24(4)17-26)30(35)21-34(27-11-8-12-28(18-27)39-6)40(37,38)29-15-13-23(3)14-16-29/h7-18,22,25H,19-21H2,1-6H3,(H,32,36). The van der Waals surface area contributed by atoms with E-state index in [1.165, 1.54) is 24.1 Å². The molecule has 0 aliphatic carbocycles. The number of sulfonamides is 1. The molecule has 0 heterocycles. The molecular weight excluding hydrogens is 526 g/mol. The summed E-state index contributed by atoms with van der Waals surface area (Å²) in [6.07, 6.45) is 0. The van der Waals surface area contributed by atoms with Crippen LogP contribution < -0.4 is 14.4 Å². The van der Waals surface area contributed by atoms with Crippen molar-refractivity contribution in [3.8, 4) is 5.75 Å². The number of carbonyl (C=O) groups is 2. The molecule has 0 saturated carbocycles. The van der Waals surface area contributed by atoms with Gasteiger partial charge < -0.3 is 15.0 Å². The number of hydrogen-bond acceptors (Lipinski definition) is 5. The minimum absolute atomic E-state index is 0.0571. The molecule has 2 amide bonds. The van der Waals surface area contributed by atoms with Crippen LogP contribution in [0.3, 0.4) is 0 Å². The molecule has 0 spiro atoms. The van der Waals surface area contributed by atoms with E-state index in [1.807, 2.05) is 52.0 Å². The van der Waals surface area contributed by atoms with Crippen molar-refractivity contribution in [3.63, 3.8) is 0 Å². The Bertz CT molecular complexity index is 1420. The molecule has 1 N–H and O–H groups in total. The number of hydrogen-bond donors (Lipinski definition) is 1. The van der Waals surface area contributed by atoms with Gasteiger partial charge in [-0.05, 0) is 56.5 Å². The van der Waals surface area contributed by atoms with E-state index in [9.17, 15) is 18.0 Å². The number of aryl methyl sites for hydroxylation is 2. The molecule has 1 atom stereocenters. The first-order valence-corrected chi connectivity index (χ1v) is 14.7. The van der Waals surface area contributed by atoms with Crippen LogP contribution in [-0.2, 0) is 26.2 Å². The van der Waals surface area contributed by atoms with Gasteiger partial charge in [0.25, 0.3) is 10.0 Å². The molecule has 3 aromatic rings. The quantitative estimate of drug-likeness (QED) is 0.344. The van der Waals surface area contributed by atoms with Crippen molar-refractivity contribution in [2.24, 2.45) is 5.92 Å². The zero-order chi connectivity index (χ0) is 29.4. The van der Waals surface area contributed by atoms with E-state index in [0.717, 1.165) is 21.0 Å². The van der Waals surface area contributed by atoms with Crippen LogP contribution in [0.4, 0.5) is 5.69 Å². The second-order valence-corrected chi connectivity index (χ2v) is 12.2. The highest BCUT2D eigenvalue weighted by Crippen LogP contribution is 2.28. The van der Waals surface area contributed by atoms with Crippen LogP contribution in [0.2, 0.25) is 0 Å². The lowest BCUT2D eigenvalue weighted by atomic mass is 10.1. The van der Waals surface area contributed by atoms with E-state index in [4.69, 9.17) is 4.74 Å². The molecule has 0 fully saturated rings. The van der Waals surface area contributed by atoms with E-state index >= 15 is 0 Å². The fraction of sp³-hybridized carbons (Fsp3) is 0.355. The van der Waals surface area contributed by atoms with Crippen LogP contribution >= 0.6 is 0 Å². The van der Waals surface area contributed by atoms with Gasteiger partial charge in [-0.15, -0.1) is 0 Å². The van der Waals surface area contributed by atoms with Gasteiger partial charge in [0, 0.05) is 19.2 Å². The van der Waals surface area contributed by atoms with Crippen molar-refractivity contribution in [2.75, 3.05) is 24.5 Å². The Labute approximate surface area is 238 Å². The first kappa shape index (κ1) is 30.7. The Hall–Kier alpha value is -3.85. The van der Waals surface area contributed by atoms with Gasteiger partial charge in [-0.25, -0.2) is 8.42 Å². The number of benzene rings is 3. The fourth-order valence-electron chi connectivity index (χ4n) is 4.17. The highest BCUT2D eigenvalue weighted by atomic mass is 32.2. The molecule has 0 aromatic heterocycles. The van der Waals surface area contributed by atoms with Gasteiger partial charge in [0.05, 0.1) is 17.7 Å². The number of nitrogens with one attached hydrogen (secondary N) is 1. The molecular formula is C31H39N3O5S. The van der Waals surface area contributed by atoms with E-state index in [-0.39, 0.29) is 29.0 Å². The van der Waals surface area contributed by atoms with Gasteiger partial charge in [-0.2, -0.15) is 0 Å². The third kappa shape index (κ3) is 7.85. The SMILES string of the molecule is COc1cccc(N(CC(=O)N(Cc2cccc(C)c2)C(C)C(=O)NCC(C)C)S(=O)(=O)c2ccc(C)cc2)c1. The molecule has 0 bridgehead atoms. The number of anilines is 1. The van der Waals surface area contributed by atoms with Crippen molar-refractivity contribution in [1.29, 1.82) is 0 Å². The third-order valence-electron chi connectivity index (χ3n) is 6.52. The van der Waals surface area contributed by atoms with Crippen molar-refractivity contribution in [1.82, 2.24) is 10.2 Å². The number of ether oxygens (including phenoxy) is 1. The molecule has 3 rings (SSSR count). The van der Waals surface area contributed by atoms with E-state index in [1.54, 1.807) is 43.3 Å². The van der Waals surface area contributed by atoms with Crippen molar-refractivity contribution < 1.29 is 22.7 Å². The lowest BCUT2D eigenvalue weighted by Gasteiger charge is -2.32. The molecule has 8 nitrogen and oxygen atoms in total. The normalized spacial score (nSPS) is 12.1. The Balaban J connectivity index is 2.03. The minimum atomic E-state index is -4.14. The second kappa shape index (κ2) is 13.5. The average Bonchev–Trinajstić information content (AvgIpc) is 2.93. The van der Waals surface area contributed by atoms with Gasteiger partial charge in [0.1, 0.15) is 18.3 Å². The highest BCUT2D eigenvalue weighted by molar-refractivity contribution is 7.92. The van der Waals surface area contributed by atoms with Gasteiger partial charge >= 0.3 is 0 Å². The molecule has 3 aromatic carbocycles. The first-order valence-electron chi connectivity index (χ1n) is 13.3. The Morgan fingerprint density at radius 3 is 2.20 bits per heavy atom. The van der Waals surface area contributed by atoms with E-state index in [2.05, 4.69) is 5.32 Å². The summed E-state index contributed by atoms with van der Waals surface area (Å²) in [4.78, 5) is 28.6. The number of rotatable bonds is 12. The number of nitrogens with zero attached hydrogens (tertiary/aromatic N) is 2. The van der Waals surface area contributed by atoms with Crippen LogP contribution in [0.25, 0.3) is 0 Å². The average molecular weight is 566 g/mol. The minimum Gasteiger partial charge on any atom is -0.497 e. The number of carbonyl (C=O) groups excluding carboxylic acids is 2. The van der Waals surface area contributed by atoms with Gasteiger partial charge in [-0.1, -0.05) is 67.4 Å². The van der Waals surface area contributed by atoms with Gasteiger partial charge in [-0.3, -0.25) is 13.9 Å². The lowest BCUT2D eigenvalue weighted by molar-refractivity contribution is -0.139. The van der Waals surface area contributed by atoms with Crippen molar-refractivity contribution >= 4 is 27.5 Å². The third-order valence-corrected chi connectivity index (χ3v) is 8.30. The smallest absolute Gasteiger partial charge is 0.264 e. The van der Waals surface area contributed by atoms with Crippen molar-refractivity contribution in [2.45, 2.75) is 52.1 Å². The molecule has 0 aliphatic heterocycles. The molecule has 1 unspecified atom stereocenters. The number of methoxy groups -OCH3 is 1. The largest absolute Gasteiger partial charge is 0.497 e. The molecule has 214 valence electrons. The monoisotopic (exact) mass is 565 g/mol. The summed E-state index contributed by atoms with van der Waals surface area (Å²) >= 11 is 0. The summed E-state index contributed by atoms with van der Waals surface area (Å²) in [6, 6.07) is 19.9. The van der Waals surface area contributed by atoms with Crippen LogP contribution in [-0.4, -0.2) is 51.4 Å². The molecule has 0 radical (unpaired) electrons. The summed E-state index contributed by atoms with van der Waals surface area (Å²) in [7, 11) is -2.65.